The number of hydrogen-bond donors (Lipinski definition) is 0. The Bertz CT molecular complexity index is 857. The quantitative estimate of drug-likeness (QED) is 0.826. The molecule has 0 amide bonds. The maximum absolute atomic E-state index is 12.9. The van der Waals surface area contributed by atoms with Crippen molar-refractivity contribution >= 4 is 10.0 Å². The van der Waals surface area contributed by atoms with Gasteiger partial charge in [-0.1, -0.05) is 0 Å². The highest BCUT2D eigenvalue weighted by molar-refractivity contribution is 7.88. The predicted molar refractivity (Wildman–Crippen MR) is 80.7 cm³/mol. The molecular formula is C14H16FN3O4S. The van der Waals surface area contributed by atoms with Gasteiger partial charge >= 0.3 is 5.76 Å². The molecule has 1 aliphatic heterocycles. The fraction of sp³-hybridized carbons (Fsp3) is 0.429. The van der Waals surface area contributed by atoms with Crippen molar-refractivity contribution in [1.82, 2.24) is 14.1 Å². The molecule has 1 saturated heterocycles. The van der Waals surface area contributed by atoms with Crippen LogP contribution in [0, 0.1) is 11.7 Å². The van der Waals surface area contributed by atoms with Gasteiger partial charge in [0, 0.05) is 18.7 Å². The average molecular weight is 341 g/mol. The molecule has 1 unspecified atom stereocenters. The van der Waals surface area contributed by atoms with Crippen LogP contribution in [0.5, 0.6) is 0 Å². The summed E-state index contributed by atoms with van der Waals surface area (Å²) in [6.07, 6.45) is 1.84. The molecule has 3 rings (SSSR count). The number of halogens is 1. The van der Waals surface area contributed by atoms with E-state index in [0.717, 1.165) is 0 Å². The molecule has 0 spiro atoms. The van der Waals surface area contributed by atoms with E-state index in [1.165, 1.54) is 39.5 Å². The summed E-state index contributed by atoms with van der Waals surface area (Å²) < 4.78 is 43.6. The summed E-state index contributed by atoms with van der Waals surface area (Å²) in [5.74, 6) is -0.869. The van der Waals surface area contributed by atoms with Crippen molar-refractivity contribution in [3.8, 4) is 11.5 Å². The van der Waals surface area contributed by atoms with E-state index in [-0.39, 0.29) is 24.2 Å². The van der Waals surface area contributed by atoms with E-state index < -0.39 is 15.8 Å². The first-order chi connectivity index (χ1) is 10.8. The number of hydrogen-bond acceptors (Lipinski definition) is 5. The number of rotatable bonds is 4. The topological polar surface area (TPSA) is 85.4 Å². The molecular weight excluding hydrogens is 325 g/mol. The van der Waals surface area contributed by atoms with Gasteiger partial charge in [-0.15, -0.1) is 5.10 Å². The molecule has 0 saturated carbocycles. The van der Waals surface area contributed by atoms with Crippen LogP contribution < -0.4 is 5.76 Å². The molecule has 7 nitrogen and oxygen atoms in total. The molecule has 1 aliphatic rings. The Balaban J connectivity index is 1.75. The highest BCUT2D eigenvalue weighted by Crippen LogP contribution is 2.21. The fourth-order valence-corrected chi connectivity index (χ4v) is 3.54. The molecule has 0 aliphatic carbocycles. The summed E-state index contributed by atoms with van der Waals surface area (Å²) in [6.45, 7) is 1.10. The highest BCUT2D eigenvalue weighted by Gasteiger charge is 2.29. The predicted octanol–water partition coefficient (Wildman–Crippen LogP) is 0.924. The third-order valence-corrected chi connectivity index (χ3v) is 5.12. The van der Waals surface area contributed by atoms with Crippen LogP contribution in [0.2, 0.25) is 0 Å². The van der Waals surface area contributed by atoms with Gasteiger partial charge in [-0.05, 0) is 36.6 Å². The fourth-order valence-electron chi connectivity index (χ4n) is 2.62. The van der Waals surface area contributed by atoms with Gasteiger partial charge in [0.05, 0.1) is 12.8 Å². The maximum atomic E-state index is 12.9. The maximum Gasteiger partial charge on any atom is 0.437 e. The molecule has 1 aromatic carbocycles. The number of benzene rings is 1. The van der Waals surface area contributed by atoms with E-state index in [1.54, 1.807) is 0 Å². The zero-order valence-corrected chi connectivity index (χ0v) is 13.3. The van der Waals surface area contributed by atoms with Gasteiger partial charge in [-0.2, -0.15) is 4.68 Å². The minimum absolute atomic E-state index is 0.00796. The second-order valence-corrected chi connectivity index (χ2v) is 7.62. The standard InChI is InChI=1S/C14H16FN3O4S/c1-23(20,21)17-7-6-10(8-17)9-18-14(19)22-13(16-18)11-2-4-12(15)5-3-11/h2-5,10H,6-9H2,1H3. The minimum atomic E-state index is -3.21. The van der Waals surface area contributed by atoms with Crippen LogP contribution in [-0.2, 0) is 16.6 Å². The minimum Gasteiger partial charge on any atom is -0.388 e. The molecule has 0 bridgehead atoms. The summed E-state index contributed by atoms with van der Waals surface area (Å²) in [7, 11) is -3.21. The van der Waals surface area contributed by atoms with Crippen molar-refractivity contribution < 1.29 is 17.2 Å². The monoisotopic (exact) mass is 341 g/mol. The normalized spacial score (nSPS) is 19.3. The van der Waals surface area contributed by atoms with Crippen molar-refractivity contribution in [3.05, 3.63) is 40.6 Å². The number of nitrogens with zero attached hydrogens (tertiary/aromatic N) is 3. The van der Waals surface area contributed by atoms with E-state index in [4.69, 9.17) is 4.42 Å². The zero-order chi connectivity index (χ0) is 16.6. The molecule has 1 aromatic heterocycles. The molecule has 124 valence electrons. The van der Waals surface area contributed by atoms with Crippen LogP contribution in [0.25, 0.3) is 11.5 Å². The van der Waals surface area contributed by atoms with Gasteiger partial charge in [0.15, 0.2) is 0 Å². The lowest BCUT2D eigenvalue weighted by molar-refractivity contribution is 0.392. The van der Waals surface area contributed by atoms with Gasteiger partial charge in [0.2, 0.25) is 15.9 Å². The first-order valence-electron chi connectivity index (χ1n) is 7.12. The summed E-state index contributed by atoms with van der Waals surface area (Å²) in [5, 5.41) is 4.11. The third-order valence-electron chi connectivity index (χ3n) is 3.85. The lowest BCUT2D eigenvalue weighted by atomic mass is 10.1. The number of sulfonamides is 1. The Hall–Kier alpha value is -2.00. The van der Waals surface area contributed by atoms with Gasteiger partial charge in [-0.25, -0.2) is 21.9 Å². The lowest BCUT2D eigenvalue weighted by Crippen LogP contribution is -2.29. The molecule has 1 fully saturated rings. The second kappa shape index (κ2) is 5.89. The van der Waals surface area contributed by atoms with Crippen molar-refractivity contribution in [2.75, 3.05) is 19.3 Å². The first kappa shape index (κ1) is 15.9. The van der Waals surface area contributed by atoms with Crippen molar-refractivity contribution in [1.29, 1.82) is 0 Å². The van der Waals surface area contributed by atoms with Gasteiger partial charge in [0.25, 0.3) is 0 Å². The summed E-state index contributed by atoms with van der Waals surface area (Å²) >= 11 is 0. The van der Waals surface area contributed by atoms with E-state index in [9.17, 15) is 17.6 Å². The first-order valence-corrected chi connectivity index (χ1v) is 8.97. The van der Waals surface area contributed by atoms with Crippen LogP contribution >= 0.6 is 0 Å². The van der Waals surface area contributed by atoms with Crippen LogP contribution in [-0.4, -0.2) is 41.8 Å². The molecule has 1 atom stereocenters. The van der Waals surface area contributed by atoms with Crippen molar-refractivity contribution in [2.45, 2.75) is 13.0 Å². The lowest BCUT2D eigenvalue weighted by Gasteiger charge is -2.12. The highest BCUT2D eigenvalue weighted by atomic mass is 32.2. The second-order valence-electron chi connectivity index (χ2n) is 5.64. The van der Waals surface area contributed by atoms with E-state index in [0.29, 0.717) is 25.1 Å². The zero-order valence-electron chi connectivity index (χ0n) is 12.5. The summed E-state index contributed by atoms with van der Waals surface area (Å²) in [6, 6.07) is 5.47. The van der Waals surface area contributed by atoms with Gasteiger partial charge in [-0.3, -0.25) is 0 Å². The average Bonchev–Trinajstić information content (AvgIpc) is 3.08. The van der Waals surface area contributed by atoms with Gasteiger partial charge < -0.3 is 4.42 Å². The van der Waals surface area contributed by atoms with E-state index >= 15 is 0 Å². The molecule has 23 heavy (non-hydrogen) atoms. The Labute approximate surface area is 132 Å². The van der Waals surface area contributed by atoms with Crippen LogP contribution in [0.15, 0.2) is 33.5 Å². The Morgan fingerprint density at radius 1 is 1.35 bits per heavy atom. The molecule has 2 heterocycles. The Morgan fingerprint density at radius 2 is 2.04 bits per heavy atom. The van der Waals surface area contributed by atoms with Gasteiger partial charge in [0.1, 0.15) is 5.82 Å². The van der Waals surface area contributed by atoms with E-state index in [1.807, 2.05) is 0 Å². The SMILES string of the molecule is CS(=O)(=O)N1CCC(Cn2nc(-c3ccc(F)cc3)oc2=O)C1. The smallest absolute Gasteiger partial charge is 0.388 e. The number of aromatic nitrogens is 2. The Morgan fingerprint density at radius 3 is 2.65 bits per heavy atom. The molecule has 0 radical (unpaired) electrons. The third kappa shape index (κ3) is 3.50. The van der Waals surface area contributed by atoms with E-state index in [2.05, 4.69) is 5.10 Å². The van der Waals surface area contributed by atoms with Crippen molar-refractivity contribution in [2.24, 2.45) is 5.92 Å². The Kier molecular flexibility index (Phi) is 4.07. The largest absolute Gasteiger partial charge is 0.437 e. The molecule has 2 aromatic rings. The molecule has 9 heteroatoms. The van der Waals surface area contributed by atoms with Crippen LogP contribution in [0.3, 0.4) is 0 Å². The summed E-state index contributed by atoms with van der Waals surface area (Å²) in [5.41, 5.74) is 0.506. The summed E-state index contributed by atoms with van der Waals surface area (Å²) in [4.78, 5) is 11.9. The van der Waals surface area contributed by atoms with Crippen LogP contribution in [0.1, 0.15) is 6.42 Å². The van der Waals surface area contributed by atoms with Crippen molar-refractivity contribution in [3.63, 3.8) is 0 Å². The van der Waals surface area contributed by atoms with Crippen LogP contribution in [0.4, 0.5) is 4.39 Å². The molecule has 0 N–H and O–H groups in total.